The molecule has 0 amide bonds. The van der Waals surface area contributed by atoms with Crippen LogP contribution in [0.1, 0.15) is 0 Å². The van der Waals surface area contributed by atoms with Gasteiger partial charge >= 0.3 is 0 Å². The highest BCUT2D eigenvalue weighted by atomic mass is 32.1. The van der Waals surface area contributed by atoms with Crippen molar-refractivity contribution in [2.24, 2.45) is 0 Å². The van der Waals surface area contributed by atoms with Crippen molar-refractivity contribution in [2.45, 2.75) is 0 Å². The number of rotatable bonds is 5. The van der Waals surface area contributed by atoms with E-state index in [0.717, 1.165) is 62.3 Å². The summed E-state index contributed by atoms with van der Waals surface area (Å²) >= 11 is 1.85. The van der Waals surface area contributed by atoms with Gasteiger partial charge in [0, 0.05) is 54.0 Å². The average molecular weight is 748 g/mol. The van der Waals surface area contributed by atoms with Crippen LogP contribution in [0.5, 0.6) is 11.5 Å². The lowest BCUT2D eigenvalue weighted by atomic mass is 10.0. The molecular formula is C52H33N3OS. The Kier molecular flexibility index (Phi) is 7.06. The Morgan fingerprint density at radius 1 is 0.421 bits per heavy atom. The first-order valence-corrected chi connectivity index (χ1v) is 20.1. The average Bonchev–Trinajstić information content (AvgIpc) is 3.81. The normalized spacial score (nSPS) is 12.3. The molecule has 0 saturated heterocycles. The van der Waals surface area contributed by atoms with E-state index in [-0.39, 0.29) is 0 Å². The fraction of sp³-hybridized carbons (Fsp3) is 0. The van der Waals surface area contributed by atoms with Crippen LogP contribution >= 0.6 is 11.3 Å². The Balaban J connectivity index is 1.05. The Labute approximate surface area is 333 Å². The van der Waals surface area contributed by atoms with Crippen molar-refractivity contribution in [2.75, 3.05) is 9.80 Å². The second kappa shape index (κ2) is 12.6. The van der Waals surface area contributed by atoms with Gasteiger partial charge in [-0.15, -0.1) is 11.3 Å². The highest BCUT2D eigenvalue weighted by Gasteiger charge is 2.33. The van der Waals surface area contributed by atoms with Gasteiger partial charge in [0.1, 0.15) is 0 Å². The van der Waals surface area contributed by atoms with Crippen molar-refractivity contribution in [3.8, 4) is 17.2 Å². The van der Waals surface area contributed by atoms with Crippen molar-refractivity contribution in [3.63, 3.8) is 0 Å². The second-order valence-corrected chi connectivity index (χ2v) is 15.7. The summed E-state index contributed by atoms with van der Waals surface area (Å²) in [5.41, 5.74) is 7.49. The molecular weight excluding hydrogens is 715 g/mol. The van der Waals surface area contributed by atoms with Gasteiger partial charge in [-0.3, -0.25) is 9.47 Å². The van der Waals surface area contributed by atoms with Crippen molar-refractivity contribution in [3.05, 3.63) is 200 Å². The zero-order chi connectivity index (χ0) is 37.5. The summed E-state index contributed by atoms with van der Waals surface area (Å²) in [5, 5.41) is 8.60. The summed E-state index contributed by atoms with van der Waals surface area (Å²) < 4.78 is 11.7. The molecule has 0 atom stereocenters. The lowest BCUT2D eigenvalue weighted by Crippen LogP contribution is -2.18. The first kappa shape index (κ1) is 32.0. The van der Waals surface area contributed by atoms with Gasteiger partial charge < -0.3 is 9.64 Å². The molecule has 0 N–H and O–H groups in total. The topological polar surface area (TPSA) is 20.6 Å². The summed E-state index contributed by atoms with van der Waals surface area (Å²) in [6, 6.07) is 72.0. The highest BCUT2D eigenvalue weighted by molar-refractivity contribution is 7.25. The Morgan fingerprint density at radius 3 is 1.96 bits per heavy atom. The third-order valence-electron chi connectivity index (χ3n) is 11.3. The van der Waals surface area contributed by atoms with Gasteiger partial charge in [0.15, 0.2) is 17.3 Å². The van der Waals surface area contributed by atoms with Crippen molar-refractivity contribution in [1.82, 2.24) is 4.57 Å². The quantitative estimate of drug-likeness (QED) is 0.164. The number of fused-ring (bicyclic) bond motifs is 10. The number of aromatic nitrogens is 1. The monoisotopic (exact) mass is 747 g/mol. The molecule has 0 radical (unpaired) electrons. The van der Waals surface area contributed by atoms with Crippen molar-refractivity contribution in [1.29, 1.82) is 0 Å². The Bertz CT molecular complexity index is 3350. The second-order valence-electron chi connectivity index (χ2n) is 14.6. The number of thiophene rings is 1. The summed E-state index contributed by atoms with van der Waals surface area (Å²) in [7, 11) is 0. The van der Waals surface area contributed by atoms with Gasteiger partial charge in [0.2, 0.25) is 0 Å². The van der Waals surface area contributed by atoms with Crippen LogP contribution in [-0.2, 0) is 0 Å². The summed E-state index contributed by atoms with van der Waals surface area (Å²) in [5.74, 6) is 2.65. The Morgan fingerprint density at radius 2 is 1.07 bits per heavy atom. The van der Waals surface area contributed by atoms with Crippen LogP contribution in [0.25, 0.3) is 58.3 Å². The predicted octanol–water partition coefficient (Wildman–Crippen LogP) is 15.4. The molecule has 0 fully saturated rings. The standard InChI is InChI=1S/C52H33N3OS/c1-2-13-36(14-3-1)54-46-18-8-6-17-44(46)51-52(54)55(47-19-9-10-20-48(47)56-51)38-26-24-37(25-27-38)53(40-29-31-50-45(33-40)43-16-7-11-21-49(43)57-50)39-28-30-42-35(32-39)23-22-34-12-4-5-15-41(34)42/h1-33H. The van der Waals surface area contributed by atoms with E-state index in [9.17, 15) is 0 Å². The van der Waals surface area contributed by atoms with Crippen LogP contribution in [0.4, 0.5) is 34.3 Å². The van der Waals surface area contributed by atoms with E-state index >= 15 is 0 Å². The summed E-state index contributed by atoms with van der Waals surface area (Å²) in [6.45, 7) is 0. The van der Waals surface area contributed by atoms with E-state index < -0.39 is 0 Å². The van der Waals surface area contributed by atoms with E-state index in [0.29, 0.717) is 0 Å². The highest BCUT2D eigenvalue weighted by Crippen LogP contribution is 2.55. The van der Waals surface area contributed by atoms with Crippen LogP contribution in [0.3, 0.4) is 0 Å². The molecule has 1 aliphatic rings. The van der Waals surface area contributed by atoms with Crippen molar-refractivity contribution < 1.29 is 4.74 Å². The van der Waals surface area contributed by atoms with Crippen LogP contribution in [0.2, 0.25) is 0 Å². The first-order chi connectivity index (χ1) is 28.3. The molecule has 0 bridgehead atoms. The van der Waals surface area contributed by atoms with Gasteiger partial charge in [-0.1, -0.05) is 103 Å². The number of hydrogen-bond acceptors (Lipinski definition) is 4. The van der Waals surface area contributed by atoms with E-state index in [2.05, 4.69) is 208 Å². The van der Waals surface area contributed by atoms with E-state index in [1.165, 1.54) is 41.7 Å². The molecule has 0 saturated carbocycles. The fourth-order valence-electron chi connectivity index (χ4n) is 8.74. The zero-order valence-corrected chi connectivity index (χ0v) is 31.5. The van der Waals surface area contributed by atoms with Crippen molar-refractivity contribution >= 4 is 98.2 Å². The van der Waals surface area contributed by atoms with Gasteiger partial charge in [-0.2, -0.15) is 0 Å². The van der Waals surface area contributed by atoms with Gasteiger partial charge in [0.25, 0.3) is 0 Å². The molecule has 3 heterocycles. The number of anilines is 6. The number of hydrogen-bond donors (Lipinski definition) is 0. The fourth-order valence-corrected chi connectivity index (χ4v) is 9.83. The van der Waals surface area contributed by atoms with E-state index in [1.807, 2.05) is 17.4 Å². The molecule has 2 aromatic heterocycles. The maximum atomic E-state index is 6.77. The number of benzene rings is 9. The molecule has 4 nitrogen and oxygen atoms in total. The van der Waals surface area contributed by atoms with E-state index in [1.54, 1.807) is 0 Å². The molecule has 268 valence electrons. The largest absolute Gasteiger partial charge is 0.451 e. The van der Waals surface area contributed by atoms with Crippen LogP contribution < -0.4 is 14.5 Å². The molecule has 1 aliphatic heterocycles. The minimum atomic E-state index is 0.826. The molecule has 11 aromatic rings. The lowest BCUT2D eigenvalue weighted by molar-refractivity contribution is 0.481. The third kappa shape index (κ3) is 4.99. The molecule has 0 unspecified atom stereocenters. The molecule has 0 aliphatic carbocycles. The van der Waals surface area contributed by atoms with E-state index in [4.69, 9.17) is 4.74 Å². The molecule has 12 rings (SSSR count). The number of ether oxygens (including phenoxy) is 1. The lowest BCUT2D eigenvalue weighted by Gasteiger charge is -2.33. The summed E-state index contributed by atoms with van der Waals surface area (Å²) in [4.78, 5) is 4.74. The molecule has 9 aromatic carbocycles. The maximum Gasteiger partial charge on any atom is 0.178 e. The molecule has 0 spiro atoms. The minimum Gasteiger partial charge on any atom is -0.451 e. The number of nitrogens with zero attached hydrogens (tertiary/aromatic N) is 3. The molecule has 57 heavy (non-hydrogen) atoms. The van der Waals surface area contributed by atoms with Crippen LogP contribution in [0.15, 0.2) is 200 Å². The SMILES string of the molecule is c1ccc(-n2c3c(c4ccccc42)Oc2ccccc2N3c2ccc(N(c3ccc4c(ccc5ccccc54)c3)c3ccc4sc5ccccc5c4c3)cc2)cc1. The summed E-state index contributed by atoms with van der Waals surface area (Å²) in [6.07, 6.45) is 0. The van der Waals surface area contributed by atoms with Gasteiger partial charge in [0.05, 0.1) is 11.2 Å². The van der Waals surface area contributed by atoms with Crippen LogP contribution in [0, 0.1) is 0 Å². The third-order valence-corrected chi connectivity index (χ3v) is 12.5. The Hall–Kier alpha value is -7.34. The zero-order valence-electron chi connectivity index (χ0n) is 30.7. The van der Waals surface area contributed by atoms with Gasteiger partial charge in [-0.05, 0) is 119 Å². The first-order valence-electron chi connectivity index (χ1n) is 19.3. The maximum absolute atomic E-state index is 6.77. The minimum absolute atomic E-state index is 0.826. The van der Waals surface area contributed by atoms with Gasteiger partial charge in [-0.25, -0.2) is 0 Å². The smallest absolute Gasteiger partial charge is 0.178 e. The predicted molar refractivity (Wildman–Crippen MR) is 241 cm³/mol. The molecule has 5 heteroatoms. The van der Waals surface area contributed by atoms with Crippen LogP contribution in [-0.4, -0.2) is 4.57 Å². The number of para-hydroxylation sites is 4.